The van der Waals surface area contributed by atoms with Gasteiger partial charge in [0, 0.05) is 19.6 Å². The zero-order chi connectivity index (χ0) is 15.6. The Morgan fingerprint density at radius 3 is 2.41 bits per heavy atom. The number of hydrogen-bond acceptors (Lipinski definition) is 3. The number of hydrogen-bond donors (Lipinski definition) is 3. The Bertz CT molecular complexity index is 457. The maximum absolute atomic E-state index is 11.6. The van der Waals surface area contributed by atoms with Gasteiger partial charge in [-0.15, -0.1) is 0 Å². The number of nitrogens with one attached hydrogen (secondary N) is 2. The monoisotopic (exact) mass is 305 g/mol. The lowest BCUT2D eigenvalue weighted by atomic mass is 10.1. The first kappa shape index (κ1) is 16.8. The second-order valence-corrected chi connectivity index (χ2v) is 5.79. The standard InChI is InChI=1S/C17H27N3O2/c21-12-9-18-17(22)19-13-15-7-3-4-8-16(15)14-20-10-5-1-2-6-11-20/h3-4,7-8,21H,1-2,5-6,9-14H2,(H2,18,19,22). The van der Waals surface area contributed by atoms with E-state index in [4.69, 9.17) is 5.11 Å². The molecular weight excluding hydrogens is 278 g/mol. The molecule has 1 aromatic rings. The minimum atomic E-state index is -0.237. The zero-order valence-electron chi connectivity index (χ0n) is 13.2. The summed E-state index contributed by atoms with van der Waals surface area (Å²) in [5, 5.41) is 14.1. The minimum Gasteiger partial charge on any atom is -0.395 e. The number of benzene rings is 1. The van der Waals surface area contributed by atoms with Crippen molar-refractivity contribution in [3.8, 4) is 0 Å². The molecule has 5 heteroatoms. The second-order valence-electron chi connectivity index (χ2n) is 5.79. The van der Waals surface area contributed by atoms with Crippen molar-refractivity contribution in [1.29, 1.82) is 0 Å². The Morgan fingerprint density at radius 2 is 1.73 bits per heavy atom. The van der Waals surface area contributed by atoms with Crippen molar-refractivity contribution in [3.05, 3.63) is 35.4 Å². The first-order valence-electron chi connectivity index (χ1n) is 8.21. The van der Waals surface area contributed by atoms with E-state index in [1.165, 1.54) is 44.3 Å². The molecule has 5 nitrogen and oxygen atoms in total. The Balaban J connectivity index is 1.89. The summed E-state index contributed by atoms with van der Waals surface area (Å²) in [6.07, 6.45) is 5.24. The Hall–Kier alpha value is -1.59. The predicted octanol–water partition coefficient (Wildman–Crippen LogP) is 1.85. The van der Waals surface area contributed by atoms with E-state index in [0.717, 1.165) is 12.1 Å². The van der Waals surface area contributed by atoms with Gasteiger partial charge in [0.15, 0.2) is 0 Å². The average Bonchev–Trinajstić information content (AvgIpc) is 2.81. The van der Waals surface area contributed by atoms with Crippen molar-refractivity contribution < 1.29 is 9.90 Å². The molecule has 0 saturated carbocycles. The van der Waals surface area contributed by atoms with Crippen LogP contribution >= 0.6 is 0 Å². The first-order chi connectivity index (χ1) is 10.8. The van der Waals surface area contributed by atoms with E-state index in [9.17, 15) is 4.79 Å². The lowest BCUT2D eigenvalue weighted by molar-refractivity contribution is 0.233. The molecule has 0 aliphatic carbocycles. The van der Waals surface area contributed by atoms with E-state index in [2.05, 4.69) is 33.7 Å². The largest absolute Gasteiger partial charge is 0.395 e. The van der Waals surface area contributed by atoms with E-state index >= 15 is 0 Å². The summed E-state index contributed by atoms with van der Waals surface area (Å²) < 4.78 is 0. The van der Waals surface area contributed by atoms with Crippen LogP contribution in [0.3, 0.4) is 0 Å². The molecule has 3 N–H and O–H groups in total. The van der Waals surface area contributed by atoms with Crippen molar-refractivity contribution in [2.24, 2.45) is 0 Å². The number of likely N-dealkylation sites (tertiary alicyclic amines) is 1. The molecule has 2 amide bonds. The van der Waals surface area contributed by atoms with Crippen molar-refractivity contribution >= 4 is 6.03 Å². The number of carbonyl (C=O) groups is 1. The van der Waals surface area contributed by atoms with Gasteiger partial charge < -0.3 is 15.7 Å². The number of urea groups is 1. The van der Waals surface area contributed by atoms with Gasteiger partial charge in [0.2, 0.25) is 0 Å². The number of amides is 2. The summed E-state index contributed by atoms with van der Waals surface area (Å²) in [7, 11) is 0. The Labute approximate surface area is 132 Å². The van der Waals surface area contributed by atoms with Gasteiger partial charge in [-0.05, 0) is 37.1 Å². The van der Waals surface area contributed by atoms with Crippen LogP contribution in [0.1, 0.15) is 36.8 Å². The van der Waals surface area contributed by atoms with Crippen LogP contribution in [0.25, 0.3) is 0 Å². The number of aliphatic hydroxyl groups is 1. The van der Waals surface area contributed by atoms with Gasteiger partial charge in [-0.25, -0.2) is 4.79 Å². The average molecular weight is 305 g/mol. The highest BCUT2D eigenvalue weighted by atomic mass is 16.3. The van der Waals surface area contributed by atoms with Crippen molar-refractivity contribution in [2.45, 2.75) is 38.8 Å². The van der Waals surface area contributed by atoms with Crippen molar-refractivity contribution in [3.63, 3.8) is 0 Å². The molecule has 1 fully saturated rings. The molecule has 0 spiro atoms. The lowest BCUT2D eigenvalue weighted by Gasteiger charge is -2.21. The normalized spacial score (nSPS) is 16.0. The van der Waals surface area contributed by atoms with Gasteiger partial charge in [0.25, 0.3) is 0 Å². The van der Waals surface area contributed by atoms with Crippen LogP contribution in [0.4, 0.5) is 4.79 Å². The highest BCUT2D eigenvalue weighted by molar-refractivity contribution is 5.73. The van der Waals surface area contributed by atoms with Crippen LogP contribution in [-0.4, -0.2) is 42.3 Å². The molecule has 0 unspecified atom stereocenters. The molecule has 1 saturated heterocycles. The van der Waals surface area contributed by atoms with Gasteiger partial charge in [0.05, 0.1) is 6.61 Å². The molecular formula is C17H27N3O2. The third kappa shape index (κ3) is 5.66. The third-order valence-electron chi connectivity index (χ3n) is 4.05. The molecule has 0 aromatic heterocycles. The van der Waals surface area contributed by atoms with Gasteiger partial charge in [0.1, 0.15) is 0 Å². The summed E-state index contributed by atoms with van der Waals surface area (Å²) in [5.74, 6) is 0. The highest BCUT2D eigenvalue weighted by Crippen LogP contribution is 2.16. The van der Waals surface area contributed by atoms with Gasteiger partial charge in [-0.2, -0.15) is 0 Å². The summed E-state index contributed by atoms with van der Waals surface area (Å²) in [4.78, 5) is 14.1. The van der Waals surface area contributed by atoms with Crippen molar-refractivity contribution in [2.75, 3.05) is 26.2 Å². The SMILES string of the molecule is O=C(NCCO)NCc1ccccc1CN1CCCCCC1. The number of rotatable bonds is 6. The fourth-order valence-electron chi connectivity index (χ4n) is 2.83. The number of carbonyl (C=O) groups excluding carboxylic acids is 1. The van der Waals surface area contributed by atoms with E-state index in [-0.39, 0.29) is 19.2 Å². The molecule has 2 rings (SSSR count). The molecule has 122 valence electrons. The summed E-state index contributed by atoms with van der Waals surface area (Å²) in [5.41, 5.74) is 2.44. The van der Waals surface area contributed by atoms with Crippen LogP contribution in [0, 0.1) is 0 Å². The highest BCUT2D eigenvalue weighted by Gasteiger charge is 2.11. The summed E-state index contributed by atoms with van der Waals surface area (Å²) in [6, 6.07) is 8.04. The van der Waals surface area contributed by atoms with E-state index in [1.54, 1.807) is 0 Å². The molecule has 0 bridgehead atoms. The quantitative estimate of drug-likeness (QED) is 0.751. The van der Waals surface area contributed by atoms with E-state index < -0.39 is 0 Å². The fraction of sp³-hybridized carbons (Fsp3) is 0.588. The molecule has 1 aliphatic rings. The topological polar surface area (TPSA) is 64.6 Å². The van der Waals surface area contributed by atoms with Gasteiger partial charge in [-0.3, -0.25) is 4.90 Å². The maximum atomic E-state index is 11.6. The Morgan fingerprint density at radius 1 is 1.05 bits per heavy atom. The lowest BCUT2D eigenvalue weighted by Crippen LogP contribution is -2.36. The zero-order valence-corrected chi connectivity index (χ0v) is 13.2. The second kappa shape index (κ2) is 9.43. The van der Waals surface area contributed by atoms with Crippen LogP contribution in [0.2, 0.25) is 0 Å². The van der Waals surface area contributed by atoms with Gasteiger partial charge >= 0.3 is 6.03 Å². The summed E-state index contributed by atoms with van der Waals surface area (Å²) in [6.45, 7) is 4.04. The smallest absolute Gasteiger partial charge is 0.315 e. The predicted molar refractivity (Wildman–Crippen MR) is 87.5 cm³/mol. The van der Waals surface area contributed by atoms with Crippen LogP contribution < -0.4 is 10.6 Å². The third-order valence-corrected chi connectivity index (χ3v) is 4.05. The van der Waals surface area contributed by atoms with Crippen molar-refractivity contribution in [1.82, 2.24) is 15.5 Å². The molecule has 1 heterocycles. The summed E-state index contributed by atoms with van der Waals surface area (Å²) >= 11 is 0. The fourth-order valence-corrected chi connectivity index (χ4v) is 2.83. The maximum Gasteiger partial charge on any atom is 0.315 e. The molecule has 1 aromatic carbocycles. The number of aliphatic hydroxyl groups excluding tert-OH is 1. The molecule has 22 heavy (non-hydrogen) atoms. The van der Waals surface area contributed by atoms with E-state index in [0.29, 0.717) is 6.54 Å². The van der Waals surface area contributed by atoms with E-state index in [1.807, 2.05) is 6.07 Å². The van der Waals surface area contributed by atoms with Gasteiger partial charge in [-0.1, -0.05) is 37.1 Å². The molecule has 0 radical (unpaired) electrons. The number of nitrogens with zero attached hydrogens (tertiary/aromatic N) is 1. The Kier molecular flexibility index (Phi) is 7.19. The molecule has 0 atom stereocenters. The van der Waals surface area contributed by atoms with Crippen LogP contribution in [0.5, 0.6) is 0 Å². The van der Waals surface area contributed by atoms with Crippen LogP contribution in [-0.2, 0) is 13.1 Å². The van der Waals surface area contributed by atoms with Crippen LogP contribution in [0.15, 0.2) is 24.3 Å². The molecule has 1 aliphatic heterocycles. The first-order valence-corrected chi connectivity index (χ1v) is 8.21. The minimum absolute atomic E-state index is 0.0427.